The molecular formula is C24H23IO4. The molecule has 29 heavy (non-hydrogen) atoms. The summed E-state index contributed by atoms with van der Waals surface area (Å²) in [5, 5.41) is 0. The van der Waals surface area contributed by atoms with E-state index in [1.165, 1.54) is 0 Å². The molecule has 0 aliphatic heterocycles. The molecule has 150 valence electrons. The molecule has 0 N–H and O–H groups in total. The van der Waals surface area contributed by atoms with Gasteiger partial charge in [0.15, 0.2) is 0 Å². The van der Waals surface area contributed by atoms with Crippen molar-refractivity contribution in [3.63, 3.8) is 0 Å². The van der Waals surface area contributed by atoms with E-state index >= 15 is 0 Å². The van der Waals surface area contributed by atoms with Crippen LogP contribution in [0.1, 0.15) is 43.0 Å². The Hall–Kier alpha value is -2.67. The summed E-state index contributed by atoms with van der Waals surface area (Å²) in [6.45, 7) is 7.71. The summed E-state index contributed by atoms with van der Waals surface area (Å²) in [6.07, 6.45) is 0. The molecule has 0 aliphatic carbocycles. The predicted molar refractivity (Wildman–Crippen MR) is 122 cm³/mol. The molecule has 0 atom stereocenters. The van der Waals surface area contributed by atoms with Crippen LogP contribution in [-0.4, -0.2) is 11.9 Å². The van der Waals surface area contributed by atoms with Crippen molar-refractivity contribution < 1.29 is 15.7 Å². The fourth-order valence-electron chi connectivity index (χ4n) is 3.02. The van der Waals surface area contributed by atoms with Crippen molar-refractivity contribution in [3.05, 3.63) is 104 Å². The zero-order chi connectivity index (χ0) is 21.0. The van der Waals surface area contributed by atoms with E-state index in [-0.39, 0.29) is 0 Å². The summed E-state index contributed by atoms with van der Waals surface area (Å²) in [5.74, 6) is -0.946. The molecule has 0 radical (unpaired) electrons. The average Bonchev–Trinajstić information content (AvgIpc) is 2.66. The molecule has 0 unspecified atom stereocenters. The normalized spacial score (nSPS) is 11.0. The van der Waals surface area contributed by atoms with Crippen LogP contribution in [-0.2, 0) is 6.13 Å². The van der Waals surface area contributed by atoms with E-state index in [0.717, 1.165) is 25.8 Å². The first kappa shape index (κ1) is 21.0. The average molecular weight is 502 g/mol. The van der Waals surface area contributed by atoms with E-state index in [0.29, 0.717) is 11.1 Å². The second-order valence-electron chi connectivity index (χ2n) is 6.99. The topological polar surface area (TPSA) is 52.6 Å². The van der Waals surface area contributed by atoms with Crippen LogP contribution in [0.25, 0.3) is 0 Å². The molecule has 0 fully saturated rings. The summed E-state index contributed by atoms with van der Waals surface area (Å²) < 4.78 is 12.3. The Bertz CT molecular complexity index is 938. The first-order chi connectivity index (χ1) is 13.8. The van der Waals surface area contributed by atoms with Crippen molar-refractivity contribution in [2.24, 2.45) is 0 Å². The van der Waals surface area contributed by atoms with E-state index in [4.69, 9.17) is 6.13 Å². The summed E-state index contributed by atoms with van der Waals surface area (Å²) in [4.78, 5) is 25.6. The van der Waals surface area contributed by atoms with Crippen molar-refractivity contribution >= 4 is 32.6 Å². The van der Waals surface area contributed by atoms with Crippen molar-refractivity contribution in [2.75, 3.05) is 0 Å². The quantitative estimate of drug-likeness (QED) is 0.394. The number of benzene rings is 3. The Balaban J connectivity index is 1.87. The van der Waals surface area contributed by atoms with Crippen molar-refractivity contribution in [1.29, 1.82) is 0 Å². The molecule has 0 bridgehead atoms. The molecule has 0 spiro atoms. The Morgan fingerprint density at radius 3 is 1.38 bits per heavy atom. The zero-order valence-electron chi connectivity index (χ0n) is 16.9. The van der Waals surface area contributed by atoms with Gasteiger partial charge in [-0.25, -0.2) is 0 Å². The van der Waals surface area contributed by atoms with Gasteiger partial charge in [-0.05, 0) is 0 Å². The van der Waals surface area contributed by atoms with Crippen molar-refractivity contribution in [2.45, 2.75) is 27.7 Å². The van der Waals surface area contributed by atoms with Gasteiger partial charge in [0.2, 0.25) is 0 Å². The SMILES string of the molecule is Cc1cc(C)cc(C(=O)OI(OC(=O)c2cc(C)cc(C)c2)c2ccccc2)c1. The van der Waals surface area contributed by atoms with Crippen LogP contribution in [0.2, 0.25) is 0 Å². The van der Waals surface area contributed by atoms with Gasteiger partial charge in [-0.3, -0.25) is 0 Å². The van der Waals surface area contributed by atoms with Gasteiger partial charge < -0.3 is 0 Å². The summed E-state index contributed by atoms with van der Waals surface area (Å²) in [5.41, 5.74) is 4.83. The predicted octanol–water partition coefficient (Wildman–Crippen LogP) is 6.14. The number of halogens is 1. The molecule has 3 aromatic rings. The number of carbonyl (C=O) groups is 2. The summed E-state index contributed by atoms with van der Waals surface area (Å²) in [6, 6.07) is 20.3. The van der Waals surface area contributed by atoms with E-state index in [1.807, 2.05) is 70.2 Å². The maximum absolute atomic E-state index is 12.8. The molecule has 0 aromatic heterocycles. The van der Waals surface area contributed by atoms with E-state index < -0.39 is 32.6 Å². The van der Waals surface area contributed by atoms with Crippen molar-refractivity contribution in [1.82, 2.24) is 0 Å². The first-order valence-corrected chi connectivity index (χ1v) is 12.0. The zero-order valence-corrected chi connectivity index (χ0v) is 19.0. The van der Waals surface area contributed by atoms with Crippen LogP contribution in [0.15, 0.2) is 66.7 Å². The third-order valence-electron chi connectivity index (χ3n) is 4.11. The second kappa shape index (κ2) is 9.22. The molecule has 0 amide bonds. The molecule has 0 saturated heterocycles. The first-order valence-electron chi connectivity index (χ1n) is 9.19. The van der Waals surface area contributed by atoms with E-state index in [1.54, 1.807) is 24.3 Å². The fourth-order valence-corrected chi connectivity index (χ4v) is 5.86. The number of hydrogen-bond acceptors (Lipinski definition) is 4. The Morgan fingerprint density at radius 1 is 0.621 bits per heavy atom. The van der Waals surface area contributed by atoms with Gasteiger partial charge in [-0.15, -0.1) is 0 Å². The second-order valence-corrected chi connectivity index (χ2v) is 10.4. The third-order valence-corrected chi connectivity index (χ3v) is 7.44. The van der Waals surface area contributed by atoms with Gasteiger partial charge in [0, 0.05) is 0 Å². The van der Waals surface area contributed by atoms with E-state index in [9.17, 15) is 9.59 Å². The van der Waals surface area contributed by atoms with Crippen LogP contribution < -0.4 is 0 Å². The summed E-state index contributed by atoms with van der Waals surface area (Å²) in [7, 11) is 0. The minimum atomic E-state index is -3.02. The molecule has 4 nitrogen and oxygen atoms in total. The monoisotopic (exact) mass is 502 g/mol. The van der Waals surface area contributed by atoms with Gasteiger partial charge in [0.05, 0.1) is 0 Å². The number of carbonyl (C=O) groups excluding carboxylic acids is 2. The fraction of sp³-hybridized carbons (Fsp3) is 0.167. The minimum absolute atomic E-state index is 0.461. The third kappa shape index (κ3) is 5.67. The molecular weight excluding hydrogens is 479 g/mol. The van der Waals surface area contributed by atoms with Crippen LogP contribution >= 0.6 is 20.6 Å². The molecule has 5 heteroatoms. The molecule has 0 saturated carbocycles. The van der Waals surface area contributed by atoms with E-state index in [2.05, 4.69) is 0 Å². The van der Waals surface area contributed by atoms with Crippen LogP contribution in [0, 0.1) is 31.3 Å². The molecule has 3 rings (SSSR count). The van der Waals surface area contributed by atoms with Gasteiger partial charge in [-0.2, -0.15) is 0 Å². The Kier molecular flexibility index (Phi) is 6.69. The standard InChI is InChI=1S/C24H23IO4/c1-16-10-17(2)13-20(12-16)23(26)28-25(22-8-6-5-7-9-22)29-24(27)21-14-18(3)11-19(4)15-21/h5-15H,1-4H3. The number of aryl methyl sites for hydroxylation is 4. The maximum atomic E-state index is 12.8. The van der Waals surface area contributed by atoms with Gasteiger partial charge in [0.1, 0.15) is 0 Å². The van der Waals surface area contributed by atoms with Crippen molar-refractivity contribution in [3.8, 4) is 0 Å². The van der Waals surface area contributed by atoms with Gasteiger partial charge in [0.25, 0.3) is 0 Å². The number of rotatable bonds is 5. The molecule has 0 aliphatic rings. The van der Waals surface area contributed by atoms with Crippen LogP contribution in [0.4, 0.5) is 0 Å². The summed E-state index contributed by atoms with van der Waals surface area (Å²) >= 11 is -3.02. The van der Waals surface area contributed by atoms with Gasteiger partial charge >= 0.3 is 180 Å². The van der Waals surface area contributed by atoms with Crippen LogP contribution in [0.3, 0.4) is 0 Å². The Morgan fingerprint density at radius 2 is 1.00 bits per heavy atom. The molecule has 0 heterocycles. The van der Waals surface area contributed by atoms with Crippen LogP contribution in [0.5, 0.6) is 0 Å². The molecule has 3 aromatic carbocycles. The number of hydrogen-bond donors (Lipinski definition) is 0. The van der Waals surface area contributed by atoms with Gasteiger partial charge in [-0.1, -0.05) is 0 Å². The Labute approximate surface area is 179 Å².